The lowest BCUT2D eigenvalue weighted by atomic mass is 10.2. The summed E-state index contributed by atoms with van der Waals surface area (Å²) < 4.78 is 0. The van der Waals surface area contributed by atoms with Crippen LogP contribution in [-0.2, 0) is 4.84 Å². The van der Waals surface area contributed by atoms with Gasteiger partial charge in [0, 0.05) is 12.3 Å². The predicted molar refractivity (Wildman–Crippen MR) is 58.0 cm³/mol. The Hall–Kier alpha value is -2.98. The highest BCUT2D eigenvalue weighted by Crippen LogP contribution is 2.02. The number of aromatic nitrogens is 1. The maximum Gasteiger partial charge on any atom is 0.315 e. The Morgan fingerprint density at radius 2 is 2.05 bits per heavy atom. The maximum absolute atomic E-state index is 11.7. The molecule has 1 rings (SSSR count). The summed E-state index contributed by atoms with van der Waals surface area (Å²) in [6, 6.07) is 2.13. The summed E-state index contributed by atoms with van der Waals surface area (Å²) in [7, 11) is 0. The molecule has 0 aromatic carbocycles. The summed E-state index contributed by atoms with van der Waals surface area (Å²) in [5, 5.41) is 18.6. The Labute approximate surface area is 104 Å². The summed E-state index contributed by atoms with van der Waals surface area (Å²) in [5.74, 6) is -1.02. The number of hydrogen-bond donors (Lipinski definition) is 1. The predicted octanol–water partition coefficient (Wildman–Crippen LogP) is -0.783. The summed E-state index contributed by atoms with van der Waals surface area (Å²) in [6.45, 7) is -1.24. The second kappa shape index (κ2) is 6.09. The first kappa shape index (κ1) is 14.1. The SMILES string of the molecule is O=C(c1ccc(=O)[nH]c1)N(CCO[N+](=O)[O-])[N+](=O)[O-]. The Bertz CT molecular complexity index is 534. The summed E-state index contributed by atoms with van der Waals surface area (Å²) in [6.07, 6.45) is 1.01. The van der Waals surface area contributed by atoms with Gasteiger partial charge >= 0.3 is 5.91 Å². The van der Waals surface area contributed by atoms with Gasteiger partial charge < -0.3 is 9.82 Å². The van der Waals surface area contributed by atoms with Crippen LogP contribution in [0.25, 0.3) is 0 Å². The third kappa shape index (κ3) is 4.07. The first-order valence-corrected chi connectivity index (χ1v) is 4.84. The molecule has 1 aromatic heterocycles. The number of aromatic amines is 1. The Morgan fingerprint density at radius 1 is 1.37 bits per heavy atom. The number of pyridine rings is 1. The minimum Gasteiger partial charge on any atom is -0.328 e. The van der Waals surface area contributed by atoms with Gasteiger partial charge in [-0.2, -0.15) is 0 Å². The molecule has 0 aliphatic carbocycles. The number of hydrazine groups is 1. The van der Waals surface area contributed by atoms with Crippen molar-refractivity contribution in [2.24, 2.45) is 0 Å². The van der Waals surface area contributed by atoms with Crippen LogP contribution in [0.3, 0.4) is 0 Å². The van der Waals surface area contributed by atoms with E-state index in [4.69, 9.17) is 0 Å². The van der Waals surface area contributed by atoms with Crippen LogP contribution in [-0.4, -0.2) is 39.2 Å². The van der Waals surface area contributed by atoms with Crippen LogP contribution in [0, 0.1) is 20.2 Å². The monoisotopic (exact) mass is 272 g/mol. The van der Waals surface area contributed by atoms with Crippen molar-refractivity contribution in [2.45, 2.75) is 0 Å². The third-order valence-corrected chi connectivity index (χ3v) is 1.96. The molecule has 102 valence electrons. The molecule has 0 aliphatic heterocycles. The fourth-order valence-corrected chi connectivity index (χ4v) is 1.15. The molecule has 1 aromatic rings. The highest BCUT2D eigenvalue weighted by Gasteiger charge is 2.25. The molecule has 0 radical (unpaired) electrons. The zero-order chi connectivity index (χ0) is 14.4. The van der Waals surface area contributed by atoms with Crippen molar-refractivity contribution in [1.82, 2.24) is 9.99 Å². The van der Waals surface area contributed by atoms with Gasteiger partial charge in [0.25, 0.3) is 5.09 Å². The molecular formula is C8H8N4O7. The summed E-state index contributed by atoms with van der Waals surface area (Å²) in [5.41, 5.74) is -0.599. The minimum absolute atomic E-state index is 0.127. The van der Waals surface area contributed by atoms with Gasteiger partial charge in [0.2, 0.25) is 5.56 Å². The molecule has 1 amide bonds. The molecule has 0 aliphatic rings. The number of H-pyrrole nitrogens is 1. The summed E-state index contributed by atoms with van der Waals surface area (Å²) in [4.78, 5) is 49.1. The van der Waals surface area contributed by atoms with Gasteiger partial charge in [-0.25, -0.2) is 10.1 Å². The lowest BCUT2D eigenvalue weighted by molar-refractivity contribution is -0.760. The molecule has 0 spiro atoms. The van der Waals surface area contributed by atoms with E-state index in [0.717, 1.165) is 18.3 Å². The van der Waals surface area contributed by atoms with E-state index in [1.165, 1.54) is 0 Å². The van der Waals surface area contributed by atoms with Gasteiger partial charge in [-0.05, 0) is 6.07 Å². The number of amides is 1. The van der Waals surface area contributed by atoms with Gasteiger partial charge in [-0.1, -0.05) is 5.01 Å². The van der Waals surface area contributed by atoms with Crippen molar-refractivity contribution in [3.8, 4) is 0 Å². The van der Waals surface area contributed by atoms with Crippen LogP contribution >= 0.6 is 0 Å². The molecule has 11 heteroatoms. The third-order valence-electron chi connectivity index (χ3n) is 1.96. The highest BCUT2D eigenvalue weighted by atomic mass is 16.9. The molecule has 1 N–H and O–H groups in total. The molecular weight excluding hydrogens is 264 g/mol. The average Bonchev–Trinajstić information content (AvgIpc) is 2.34. The van der Waals surface area contributed by atoms with E-state index in [-0.39, 0.29) is 10.6 Å². The van der Waals surface area contributed by atoms with Crippen molar-refractivity contribution in [2.75, 3.05) is 13.2 Å². The molecule has 0 unspecified atom stereocenters. The smallest absolute Gasteiger partial charge is 0.315 e. The van der Waals surface area contributed by atoms with Crippen LogP contribution in [0.1, 0.15) is 10.4 Å². The largest absolute Gasteiger partial charge is 0.328 e. The standard InChI is InChI=1S/C8H8N4O7/c13-7-2-1-6(5-9-7)8(14)10(11(15)16)3-4-19-12(17)18/h1-2,5H,3-4H2,(H,9,13). The lowest BCUT2D eigenvalue weighted by Gasteiger charge is -2.11. The van der Waals surface area contributed by atoms with E-state index in [0.29, 0.717) is 0 Å². The van der Waals surface area contributed by atoms with Crippen molar-refractivity contribution in [3.05, 3.63) is 54.5 Å². The van der Waals surface area contributed by atoms with Gasteiger partial charge in [0.1, 0.15) is 13.2 Å². The van der Waals surface area contributed by atoms with Crippen molar-refractivity contribution in [3.63, 3.8) is 0 Å². The minimum atomic E-state index is -1.12. The van der Waals surface area contributed by atoms with Crippen LogP contribution in [0.4, 0.5) is 0 Å². The number of nitrogens with one attached hydrogen (secondary N) is 1. The van der Waals surface area contributed by atoms with Crippen LogP contribution in [0.2, 0.25) is 0 Å². The van der Waals surface area contributed by atoms with E-state index in [9.17, 15) is 29.8 Å². The van der Waals surface area contributed by atoms with Crippen LogP contribution in [0.15, 0.2) is 23.1 Å². The first-order chi connectivity index (χ1) is 8.91. The molecule has 11 nitrogen and oxygen atoms in total. The second-order valence-corrected chi connectivity index (χ2v) is 3.16. The van der Waals surface area contributed by atoms with Crippen molar-refractivity contribution in [1.29, 1.82) is 0 Å². The van der Waals surface area contributed by atoms with Crippen LogP contribution in [0.5, 0.6) is 0 Å². The number of carbonyl (C=O) groups excluding carboxylic acids is 1. The number of nitrogens with zero attached hydrogens (tertiary/aromatic N) is 3. The molecule has 0 saturated carbocycles. The second-order valence-electron chi connectivity index (χ2n) is 3.16. The molecule has 19 heavy (non-hydrogen) atoms. The van der Waals surface area contributed by atoms with Gasteiger partial charge in [0.15, 0.2) is 5.03 Å². The van der Waals surface area contributed by atoms with E-state index in [1.54, 1.807) is 0 Å². The first-order valence-electron chi connectivity index (χ1n) is 4.84. The van der Waals surface area contributed by atoms with Gasteiger partial charge in [-0.3, -0.25) is 9.59 Å². The van der Waals surface area contributed by atoms with Gasteiger partial charge in [0.05, 0.1) is 5.56 Å². The number of rotatable bonds is 6. The fraction of sp³-hybridized carbons (Fsp3) is 0.250. The Kier molecular flexibility index (Phi) is 4.51. The van der Waals surface area contributed by atoms with Crippen molar-refractivity contribution < 1.29 is 19.8 Å². The molecule has 0 saturated heterocycles. The zero-order valence-corrected chi connectivity index (χ0v) is 9.35. The van der Waals surface area contributed by atoms with E-state index >= 15 is 0 Å². The average molecular weight is 272 g/mol. The number of nitro groups is 1. The summed E-state index contributed by atoms with van der Waals surface area (Å²) >= 11 is 0. The highest BCUT2D eigenvalue weighted by molar-refractivity contribution is 5.92. The molecule has 1 heterocycles. The molecule has 0 atom stereocenters. The normalized spacial score (nSPS) is 9.68. The van der Waals surface area contributed by atoms with Gasteiger partial charge in [-0.15, -0.1) is 10.1 Å². The maximum atomic E-state index is 11.7. The fourth-order valence-electron chi connectivity index (χ4n) is 1.15. The number of hydrogen-bond acceptors (Lipinski definition) is 7. The van der Waals surface area contributed by atoms with E-state index in [1.807, 2.05) is 0 Å². The van der Waals surface area contributed by atoms with Crippen LogP contribution < -0.4 is 5.56 Å². The number of carbonyl (C=O) groups is 1. The van der Waals surface area contributed by atoms with E-state index < -0.39 is 34.7 Å². The molecule has 0 bridgehead atoms. The Balaban J connectivity index is 2.78. The van der Waals surface area contributed by atoms with E-state index in [2.05, 4.69) is 9.82 Å². The zero-order valence-electron chi connectivity index (χ0n) is 9.35. The molecule has 0 fully saturated rings. The quantitative estimate of drug-likeness (QED) is 0.527. The lowest BCUT2D eigenvalue weighted by Crippen LogP contribution is -2.39. The topological polar surface area (TPSA) is 149 Å². The Morgan fingerprint density at radius 3 is 2.53 bits per heavy atom. The van der Waals surface area contributed by atoms with Crippen molar-refractivity contribution >= 4 is 5.91 Å².